The van der Waals surface area contributed by atoms with Crippen molar-refractivity contribution in [2.75, 3.05) is 6.61 Å². The molecule has 0 aromatic heterocycles. The lowest BCUT2D eigenvalue weighted by Crippen LogP contribution is -2.41. The maximum atomic E-state index is 13.3. The number of benzene rings is 1. The number of fused-ring (bicyclic) bond motifs is 1. The second-order valence-electron chi connectivity index (χ2n) is 4.98. The van der Waals surface area contributed by atoms with Gasteiger partial charge < -0.3 is 9.47 Å². The molecule has 0 N–H and O–H groups in total. The van der Waals surface area contributed by atoms with Crippen LogP contribution in [0, 0.1) is 13.8 Å². The molecule has 0 bridgehead atoms. The van der Waals surface area contributed by atoms with Crippen molar-refractivity contribution in [3.05, 3.63) is 32.3 Å². The van der Waals surface area contributed by atoms with Crippen LogP contribution in [-0.4, -0.2) is 24.9 Å². The third-order valence-electron chi connectivity index (χ3n) is 3.46. The van der Waals surface area contributed by atoms with Crippen molar-refractivity contribution in [2.45, 2.75) is 33.1 Å². The van der Waals surface area contributed by atoms with Gasteiger partial charge in [0.1, 0.15) is 5.75 Å². The van der Waals surface area contributed by atoms with Crippen molar-refractivity contribution in [1.82, 2.24) is 0 Å². The number of rotatable bonds is 2. The van der Waals surface area contributed by atoms with Crippen LogP contribution in [0.15, 0.2) is 5.57 Å². The molecule has 0 amide bonds. The molecule has 2 rings (SSSR count). The molecule has 1 heterocycles. The highest BCUT2D eigenvalue weighted by Gasteiger charge is 2.49. The van der Waals surface area contributed by atoms with E-state index >= 15 is 0 Å². The Kier molecular flexibility index (Phi) is 4.87. The Bertz CT molecular complexity index is 696. The number of carbonyl (C=O) groups is 1. The van der Waals surface area contributed by atoms with Crippen molar-refractivity contribution in [2.24, 2.45) is 0 Å². The maximum absolute atomic E-state index is 13.3. The molecule has 0 spiro atoms. The molecular weight excluding hydrogens is 356 g/mol. The standard InChI is InChI=1S/C15H13Cl2F3O3/c1-4-22-14(21)9-5-8-6(2)10(16)7(3)11(17)12(8)23-13(9)15(18,19)20/h5,13H,4H2,1-3H3. The quantitative estimate of drug-likeness (QED) is 0.697. The van der Waals surface area contributed by atoms with E-state index in [-0.39, 0.29) is 22.9 Å². The minimum atomic E-state index is -4.79. The topological polar surface area (TPSA) is 35.5 Å². The zero-order valence-corrected chi connectivity index (χ0v) is 14.0. The fourth-order valence-corrected chi connectivity index (χ4v) is 2.77. The summed E-state index contributed by atoms with van der Waals surface area (Å²) in [7, 11) is 0. The summed E-state index contributed by atoms with van der Waals surface area (Å²) in [5, 5.41) is 0.297. The molecule has 1 atom stereocenters. The third-order valence-corrected chi connectivity index (χ3v) is 4.48. The highest BCUT2D eigenvalue weighted by atomic mass is 35.5. The number of carbonyl (C=O) groups excluding carboxylic acids is 1. The zero-order chi connectivity index (χ0) is 17.5. The van der Waals surface area contributed by atoms with E-state index in [2.05, 4.69) is 0 Å². The second kappa shape index (κ2) is 6.24. The highest BCUT2D eigenvalue weighted by molar-refractivity contribution is 6.37. The summed E-state index contributed by atoms with van der Waals surface area (Å²) in [4.78, 5) is 11.9. The van der Waals surface area contributed by atoms with Crippen LogP contribution >= 0.6 is 23.2 Å². The molecule has 23 heavy (non-hydrogen) atoms. The van der Waals surface area contributed by atoms with Gasteiger partial charge in [0.25, 0.3) is 0 Å². The van der Waals surface area contributed by atoms with E-state index in [1.54, 1.807) is 13.8 Å². The Hall–Kier alpha value is -1.40. The summed E-state index contributed by atoms with van der Waals surface area (Å²) >= 11 is 12.2. The van der Waals surface area contributed by atoms with E-state index in [0.29, 0.717) is 16.1 Å². The Morgan fingerprint density at radius 1 is 1.26 bits per heavy atom. The Labute approximate surface area is 141 Å². The van der Waals surface area contributed by atoms with E-state index in [1.165, 1.54) is 6.92 Å². The highest BCUT2D eigenvalue weighted by Crippen LogP contribution is 2.46. The van der Waals surface area contributed by atoms with E-state index in [0.717, 1.165) is 6.08 Å². The maximum Gasteiger partial charge on any atom is 0.430 e. The van der Waals surface area contributed by atoms with Crippen molar-refractivity contribution in [3.63, 3.8) is 0 Å². The summed E-state index contributed by atoms with van der Waals surface area (Å²) in [5.41, 5.74) is 0.504. The monoisotopic (exact) mass is 368 g/mol. The van der Waals surface area contributed by atoms with Gasteiger partial charge in [-0.25, -0.2) is 4.79 Å². The van der Waals surface area contributed by atoms with Crippen molar-refractivity contribution in [1.29, 1.82) is 0 Å². The summed E-state index contributed by atoms with van der Waals surface area (Å²) in [5.74, 6) is -1.23. The largest absolute Gasteiger partial charge is 0.474 e. The van der Waals surface area contributed by atoms with Crippen LogP contribution in [-0.2, 0) is 9.53 Å². The Morgan fingerprint density at radius 3 is 2.39 bits per heavy atom. The van der Waals surface area contributed by atoms with Crippen LogP contribution in [0.5, 0.6) is 5.75 Å². The molecule has 0 fully saturated rings. The van der Waals surface area contributed by atoms with E-state index in [1.807, 2.05) is 0 Å². The van der Waals surface area contributed by atoms with Gasteiger partial charge in [-0.05, 0) is 38.0 Å². The lowest BCUT2D eigenvalue weighted by atomic mass is 9.96. The Balaban J connectivity index is 2.70. The summed E-state index contributed by atoms with van der Waals surface area (Å²) in [6.07, 6.45) is -6.14. The molecular formula is C15H13Cl2F3O3. The SMILES string of the molecule is CCOC(=O)C1=Cc2c(C)c(Cl)c(C)c(Cl)c2OC1C(F)(F)F. The van der Waals surface area contributed by atoms with Gasteiger partial charge in [-0.1, -0.05) is 23.2 Å². The van der Waals surface area contributed by atoms with Crippen LogP contribution in [0.2, 0.25) is 10.0 Å². The van der Waals surface area contributed by atoms with Crippen molar-refractivity contribution in [3.8, 4) is 5.75 Å². The molecule has 0 radical (unpaired) electrons. The number of ether oxygens (including phenoxy) is 2. The molecule has 1 aliphatic rings. The fourth-order valence-electron chi connectivity index (χ4n) is 2.28. The first-order valence-corrected chi connectivity index (χ1v) is 7.45. The molecule has 0 saturated heterocycles. The predicted octanol–water partition coefficient (Wildman–Crippen LogP) is 4.88. The lowest BCUT2D eigenvalue weighted by molar-refractivity contribution is -0.187. The minimum absolute atomic E-state index is 0.0102. The normalized spacial score (nSPS) is 17.2. The van der Waals surface area contributed by atoms with Gasteiger partial charge in [0.05, 0.1) is 17.2 Å². The molecule has 0 saturated carbocycles. The molecule has 8 heteroatoms. The smallest absolute Gasteiger partial charge is 0.430 e. The van der Waals surface area contributed by atoms with Gasteiger partial charge in [-0.3, -0.25) is 0 Å². The molecule has 1 aromatic rings. The molecule has 1 aliphatic heterocycles. The first kappa shape index (κ1) is 17.9. The van der Waals surface area contributed by atoms with Crippen molar-refractivity contribution >= 4 is 35.2 Å². The van der Waals surface area contributed by atoms with Crippen LogP contribution in [0.4, 0.5) is 13.2 Å². The average Bonchev–Trinajstić information content (AvgIpc) is 2.48. The average molecular weight is 369 g/mol. The van der Waals surface area contributed by atoms with E-state index < -0.39 is 23.8 Å². The van der Waals surface area contributed by atoms with Crippen LogP contribution in [0.3, 0.4) is 0 Å². The van der Waals surface area contributed by atoms with Gasteiger partial charge in [0.15, 0.2) is 0 Å². The van der Waals surface area contributed by atoms with Crippen LogP contribution < -0.4 is 4.74 Å². The second-order valence-corrected chi connectivity index (χ2v) is 5.74. The predicted molar refractivity (Wildman–Crippen MR) is 81.0 cm³/mol. The first-order valence-electron chi connectivity index (χ1n) is 6.69. The lowest BCUT2D eigenvalue weighted by Gasteiger charge is -2.30. The van der Waals surface area contributed by atoms with Crippen LogP contribution in [0.1, 0.15) is 23.6 Å². The fraction of sp³-hybridized carbons (Fsp3) is 0.400. The van der Waals surface area contributed by atoms with Gasteiger partial charge in [0.2, 0.25) is 6.10 Å². The van der Waals surface area contributed by atoms with Crippen molar-refractivity contribution < 1.29 is 27.4 Å². The number of hydrogen-bond acceptors (Lipinski definition) is 3. The van der Waals surface area contributed by atoms with Gasteiger partial charge in [-0.2, -0.15) is 13.2 Å². The number of halogens is 5. The summed E-state index contributed by atoms with van der Waals surface area (Å²) < 4.78 is 49.5. The van der Waals surface area contributed by atoms with Gasteiger partial charge in [0, 0.05) is 10.6 Å². The Morgan fingerprint density at radius 2 is 1.87 bits per heavy atom. The molecule has 1 unspecified atom stereocenters. The zero-order valence-electron chi connectivity index (χ0n) is 12.5. The van der Waals surface area contributed by atoms with Gasteiger partial charge in [-0.15, -0.1) is 0 Å². The third kappa shape index (κ3) is 3.15. The summed E-state index contributed by atoms with van der Waals surface area (Å²) in [6.45, 7) is 4.64. The summed E-state index contributed by atoms with van der Waals surface area (Å²) in [6, 6.07) is 0. The minimum Gasteiger partial charge on any atom is -0.474 e. The van der Waals surface area contributed by atoms with E-state index in [9.17, 15) is 18.0 Å². The first-order chi connectivity index (χ1) is 10.6. The molecule has 3 nitrogen and oxygen atoms in total. The van der Waals surface area contributed by atoms with Crippen LogP contribution in [0.25, 0.3) is 6.08 Å². The van der Waals surface area contributed by atoms with Gasteiger partial charge >= 0.3 is 12.1 Å². The molecule has 1 aromatic carbocycles. The molecule has 0 aliphatic carbocycles. The molecule has 126 valence electrons. The number of hydrogen-bond donors (Lipinski definition) is 0. The number of esters is 1. The van der Waals surface area contributed by atoms with E-state index in [4.69, 9.17) is 32.7 Å². The number of alkyl halides is 3.